The highest BCUT2D eigenvalue weighted by Crippen LogP contribution is 2.34. The summed E-state index contributed by atoms with van der Waals surface area (Å²) in [5.74, 6) is 0.397. The number of benzene rings is 2. The van der Waals surface area contributed by atoms with Gasteiger partial charge in [0, 0.05) is 17.5 Å². The highest BCUT2D eigenvalue weighted by molar-refractivity contribution is 5.98. The summed E-state index contributed by atoms with van der Waals surface area (Å²) in [5, 5.41) is 0. The lowest BCUT2D eigenvalue weighted by molar-refractivity contribution is 0.0855. The lowest BCUT2D eigenvalue weighted by atomic mass is 9.79. The number of ketones is 1. The summed E-state index contributed by atoms with van der Waals surface area (Å²) in [6.45, 7) is 1.64. The number of carbonyl (C=O) groups excluding carboxylic acids is 1. The van der Waals surface area contributed by atoms with Crippen molar-refractivity contribution < 1.29 is 13.6 Å². The molecule has 0 unspecified atom stereocenters. The van der Waals surface area contributed by atoms with Gasteiger partial charge in [-0.3, -0.25) is 4.79 Å². The van der Waals surface area contributed by atoms with Crippen molar-refractivity contribution in [3.63, 3.8) is 0 Å². The molecule has 0 atom stereocenters. The predicted molar refractivity (Wildman–Crippen MR) is 105 cm³/mol. The Bertz CT molecular complexity index is 706. The van der Waals surface area contributed by atoms with Crippen molar-refractivity contribution in [1.29, 1.82) is 0 Å². The first-order chi connectivity index (χ1) is 13.0. The molecule has 3 heteroatoms. The van der Waals surface area contributed by atoms with E-state index >= 15 is 0 Å². The van der Waals surface area contributed by atoms with E-state index in [2.05, 4.69) is 24.3 Å². The lowest BCUT2D eigenvalue weighted by Crippen LogP contribution is -2.21. The third-order valence-electron chi connectivity index (χ3n) is 5.75. The molecule has 2 fully saturated rings. The predicted octanol–water partition coefficient (Wildman–Crippen LogP) is 6.99. The quantitative estimate of drug-likeness (QED) is 0.532. The van der Waals surface area contributed by atoms with Crippen LogP contribution in [0.3, 0.4) is 0 Å². The maximum atomic E-state index is 12.2. The van der Waals surface area contributed by atoms with Crippen LogP contribution in [0.5, 0.6) is 0 Å². The second kappa shape index (κ2) is 9.25. The van der Waals surface area contributed by atoms with Crippen LogP contribution in [0.2, 0.25) is 0 Å². The van der Waals surface area contributed by atoms with E-state index in [1.165, 1.54) is 56.2 Å². The van der Waals surface area contributed by atoms with E-state index in [4.69, 9.17) is 0 Å². The molecule has 0 amide bonds. The van der Waals surface area contributed by atoms with Gasteiger partial charge >= 0.3 is 0 Å². The van der Waals surface area contributed by atoms with Crippen LogP contribution in [0.25, 0.3) is 0 Å². The Morgan fingerprint density at radius 2 is 1.41 bits per heavy atom. The minimum absolute atomic E-state index is 0.325. The highest BCUT2D eigenvalue weighted by Gasteiger charge is 2.26. The average Bonchev–Trinajstić information content (AvgIpc) is 2.60. The van der Waals surface area contributed by atoms with E-state index in [1.807, 2.05) is 0 Å². The van der Waals surface area contributed by atoms with Crippen molar-refractivity contribution in [2.75, 3.05) is 0 Å². The van der Waals surface area contributed by atoms with Crippen LogP contribution in [-0.4, -0.2) is 5.78 Å². The van der Waals surface area contributed by atoms with Crippen molar-refractivity contribution in [3.05, 3.63) is 70.8 Å². The molecule has 2 aliphatic rings. The second-order valence-corrected chi connectivity index (χ2v) is 7.90. The molecule has 1 nitrogen and oxygen atoms in total. The largest absolute Gasteiger partial charge is 0.294 e. The van der Waals surface area contributed by atoms with Gasteiger partial charge in [-0.15, -0.1) is 0 Å². The number of aryl methyl sites for hydroxylation is 1. The molecule has 0 saturated heterocycles. The summed E-state index contributed by atoms with van der Waals surface area (Å²) in [4.78, 5) is 12.1. The van der Waals surface area contributed by atoms with Gasteiger partial charge in [-0.1, -0.05) is 49.9 Å². The zero-order valence-corrected chi connectivity index (χ0v) is 16.0. The molecule has 0 spiro atoms. The Kier molecular flexibility index (Phi) is 6.76. The second-order valence-electron chi connectivity index (χ2n) is 7.90. The van der Waals surface area contributed by atoms with Crippen molar-refractivity contribution in [1.82, 2.24) is 0 Å². The zero-order valence-electron chi connectivity index (χ0n) is 16.0. The fraction of sp³-hybridized carbons (Fsp3) is 0.458. The minimum Gasteiger partial charge on any atom is -0.294 e. The number of Topliss-reactive ketones (excluding diaryl/α,β-unsaturated/α-hetero) is 1. The molecule has 2 aliphatic carbocycles. The molecule has 0 radical (unpaired) electrons. The summed E-state index contributed by atoms with van der Waals surface area (Å²) in [6, 6.07) is 11.9. The van der Waals surface area contributed by atoms with Gasteiger partial charge in [-0.05, 0) is 61.8 Å². The Morgan fingerprint density at radius 1 is 0.815 bits per heavy atom. The summed E-state index contributed by atoms with van der Waals surface area (Å²) in [5.41, 5.74) is 2.98. The van der Waals surface area contributed by atoms with Gasteiger partial charge in [-0.2, -0.15) is 0 Å². The van der Waals surface area contributed by atoms with E-state index in [0.717, 1.165) is 30.4 Å². The van der Waals surface area contributed by atoms with Crippen molar-refractivity contribution in [2.24, 2.45) is 5.92 Å². The topological polar surface area (TPSA) is 17.1 Å². The smallest absolute Gasteiger partial charge is 0.165 e. The first-order valence-electron chi connectivity index (χ1n) is 10.1. The molecule has 0 aliphatic heterocycles. The monoisotopic (exact) mass is 370 g/mol. The normalized spacial score (nSPS) is 17.6. The molecule has 0 aromatic heterocycles. The van der Waals surface area contributed by atoms with Crippen LogP contribution in [0.15, 0.2) is 42.5 Å². The van der Waals surface area contributed by atoms with Crippen LogP contribution >= 0.6 is 0 Å². The third kappa shape index (κ3) is 5.47. The standard InChI is InChI=1S/C17H22O.C7H6F2/c18-17(15-7-4-8-15)16-11-9-14(10-12-16)13-5-2-1-3-6-13;1-5-2-6(8)4-7(9)3-5/h9-13,15H,1-8H2;2-4H,1H3. The van der Waals surface area contributed by atoms with Gasteiger partial charge in [0.05, 0.1) is 0 Å². The Morgan fingerprint density at radius 3 is 1.89 bits per heavy atom. The zero-order chi connectivity index (χ0) is 19.2. The van der Waals surface area contributed by atoms with E-state index in [0.29, 0.717) is 17.3 Å². The van der Waals surface area contributed by atoms with Crippen LogP contribution in [-0.2, 0) is 0 Å². The molecule has 0 heterocycles. The van der Waals surface area contributed by atoms with E-state index in [9.17, 15) is 13.6 Å². The summed E-state index contributed by atoms with van der Waals surface area (Å²) >= 11 is 0. The molecule has 27 heavy (non-hydrogen) atoms. The average molecular weight is 370 g/mol. The SMILES string of the molecule is Cc1cc(F)cc(F)c1.O=C(c1ccc(C2CCCCC2)cc1)C1CCC1. The Balaban J connectivity index is 0.000000197. The first-order valence-corrected chi connectivity index (χ1v) is 10.1. The minimum atomic E-state index is -0.521. The van der Waals surface area contributed by atoms with Crippen molar-refractivity contribution >= 4 is 5.78 Å². The fourth-order valence-electron chi connectivity index (χ4n) is 3.95. The van der Waals surface area contributed by atoms with Gasteiger partial charge in [0.2, 0.25) is 0 Å². The van der Waals surface area contributed by atoms with Gasteiger partial charge in [0.15, 0.2) is 5.78 Å². The maximum Gasteiger partial charge on any atom is 0.165 e. The van der Waals surface area contributed by atoms with Crippen LogP contribution < -0.4 is 0 Å². The number of hydrogen-bond acceptors (Lipinski definition) is 1. The molecule has 144 valence electrons. The molecule has 2 aromatic carbocycles. The maximum absolute atomic E-state index is 12.2. The van der Waals surface area contributed by atoms with E-state index in [-0.39, 0.29) is 0 Å². The number of hydrogen-bond donors (Lipinski definition) is 0. The van der Waals surface area contributed by atoms with E-state index < -0.39 is 11.6 Å². The lowest BCUT2D eigenvalue weighted by Gasteiger charge is -2.24. The van der Waals surface area contributed by atoms with Crippen LogP contribution in [0.1, 0.15) is 78.8 Å². The number of halogens is 2. The van der Waals surface area contributed by atoms with Gasteiger partial charge in [-0.25, -0.2) is 8.78 Å². The van der Waals surface area contributed by atoms with Gasteiger partial charge in [0.25, 0.3) is 0 Å². The number of rotatable bonds is 3. The molecule has 2 saturated carbocycles. The Labute approximate surface area is 160 Å². The Hall–Kier alpha value is -2.03. The molecule has 4 rings (SSSR count). The molecule has 0 bridgehead atoms. The van der Waals surface area contributed by atoms with Gasteiger partial charge < -0.3 is 0 Å². The van der Waals surface area contributed by atoms with Crippen molar-refractivity contribution in [2.45, 2.75) is 64.2 Å². The number of carbonyl (C=O) groups is 1. The molecular formula is C24H28F2O. The molecule has 2 aromatic rings. The van der Waals surface area contributed by atoms with Crippen molar-refractivity contribution in [3.8, 4) is 0 Å². The summed E-state index contributed by atoms with van der Waals surface area (Å²) in [7, 11) is 0. The summed E-state index contributed by atoms with van der Waals surface area (Å²) < 4.78 is 24.4. The van der Waals surface area contributed by atoms with Gasteiger partial charge in [0.1, 0.15) is 11.6 Å². The van der Waals surface area contributed by atoms with E-state index in [1.54, 1.807) is 6.92 Å². The highest BCUT2D eigenvalue weighted by atomic mass is 19.1. The third-order valence-corrected chi connectivity index (χ3v) is 5.75. The summed E-state index contributed by atoms with van der Waals surface area (Å²) in [6.07, 6.45) is 10.2. The van der Waals surface area contributed by atoms with Crippen LogP contribution in [0, 0.1) is 24.5 Å². The fourth-order valence-corrected chi connectivity index (χ4v) is 3.95. The molecular weight excluding hydrogens is 342 g/mol. The van der Waals surface area contributed by atoms with Crippen LogP contribution in [0.4, 0.5) is 8.78 Å². The first kappa shape index (κ1) is 19.7. The molecule has 0 N–H and O–H groups in total.